The second-order valence-corrected chi connectivity index (χ2v) is 7.63. The van der Waals surface area contributed by atoms with E-state index in [4.69, 9.17) is 0 Å². The summed E-state index contributed by atoms with van der Waals surface area (Å²) in [5.74, 6) is 0. The molecule has 1 saturated heterocycles. The number of sulfonamides is 1. The molecule has 0 aliphatic carbocycles. The summed E-state index contributed by atoms with van der Waals surface area (Å²) in [7, 11) is -2.39. The molecule has 1 aromatic carbocycles. The quantitative estimate of drug-likeness (QED) is 0.652. The van der Waals surface area contributed by atoms with E-state index in [1.165, 1.54) is 23.5 Å². The van der Waals surface area contributed by atoms with Gasteiger partial charge in [0.05, 0.1) is 4.92 Å². The Hall–Kier alpha value is -1.22. The SMILES string of the molecule is Cc1cc([N+](=O)[O-])c(S(=O)(=O)N(C)C2CCNCC2)cc1C.Cl. The molecule has 0 bridgehead atoms. The van der Waals surface area contributed by atoms with Crippen LogP contribution in [0.5, 0.6) is 0 Å². The van der Waals surface area contributed by atoms with Crippen molar-refractivity contribution in [3.05, 3.63) is 33.4 Å². The van der Waals surface area contributed by atoms with E-state index < -0.39 is 14.9 Å². The average molecular weight is 364 g/mol. The molecule has 7 nitrogen and oxygen atoms in total. The van der Waals surface area contributed by atoms with Gasteiger partial charge in [0.15, 0.2) is 4.90 Å². The van der Waals surface area contributed by atoms with Crippen molar-refractivity contribution in [2.75, 3.05) is 20.1 Å². The first-order chi connectivity index (χ1) is 10.2. The van der Waals surface area contributed by atoms with Gasteiger partial charge < -0.3 is 5.32 Å². The third kappa shape index (κ3) is 4.00. The van der Waals surface area contributed by atoms with Crippen molar-refractivity contribution >= 4 is 28.1 Å². The second kappa shape index (κ2) is 7.57. The molecular formula is C14H22ClN3O4S. The summed E-state index contributed by atoms with van der Waals surface area (Å²) in [6, 6.07) is 2.60. The molecule has 1 aromatic rings. The van der Waals surface area contributed by atoms with Crippen molar-refractivity contribution in [1.82, 2.24) is 9.62 Å². The molecule has 1 fully saturated rings. The summed E-state index contributed by atoms with van der Waals surface area (Å²) in [6.07, 6.45) is 1.41. The number of hydrogen-bond donors (Lipinski definition) is 1. The highest BCUT2D eigenvalue weighted by Crippen LogP contribution is 2.31. The molecule has 0 radical (unpaired) electrons. The number of piperidine rings is 1. The zero-order valence-electron chi connectivity index (χ0n) is 13.4. The molecule has 0 atom stereocenters. The minimum absolute atomic E-state index is 0. The smallest absolute Gasteiger partial charge is 0.289 e. The summed E-state index contributed by atoms with van der Waals surface area (Å²) in [5.41, 5.74) is 1.07. The fourth-order valence-electron chi connectivity index (χ4n) is 2.65. The molecule has 130 valence electrons. The minimum Gasteiger partial charge on any atom is -0.317 e. The normalized spacial score (nSPS) is 16.2. The molecule has 0 aromatic heterocycles. The Morgan fingerprint density at radius 3 is 2.26 bits per heavy atom. The van der Waals surface area contributed by atoms with Crippen molar-refractivity contribution in [3.8, 4) is 0 Å². The largest absolute Gasteiger partial charge is 0.317 e. The van der Waals surface area contributed by atoms with Crippen LogP contribution in [-0.4, -0.2) is 43.8 Å². The van der Waals surface area contributed by atoms with Crippen LogP contribution in [0.3, 0.4) is 0 Å². The Kier molecular flexibility index (Phi) is 6.52. The molecule has 1 aliphatic heterocycles. The number of nitrogens with zero attached hydrogens (tertiary/aromatic N) is 2. The highest BCUT2D eigenvalue weighted by Gasteiger charge is 2.34. The monoisotopic (exact) mass is 363 g/mol. The molecule has 23 heavy (non-hydrogen) atoms. The topological polar surface area (TPSA) is 92.5 Å². The van der Waals surface area contributed by atoms with E-state index in [1.54, 1.807) is 13.8 Å². The number of nitro benzene ring substituents is 1. The summed E-state index contributed by atoms with van der Waals surface area (Å²) in [5, 5.41) is 14.4. The fraction of sp³-hybridized carbons (Fsp3) is 0.571. The second-order valence-electron chi connectivity index (χ2n) is 5.66. The molecule has 9 heteroatoms. The number of benzene rings is 1. The lowest BCUT2D eigenvalue weighted by Crippen LogP contribution is -2.44. The zero-order chi connectivity index (χ0) is 16.5. The molecular weight excluding hydrogens is 342 g/mol. The maximum atomic E-state index is 12.8. The number of nitrogens with one attached hydrogen (secondary N) is 1. The van der Waals surface area contributed by atoms with Crippen molar-refractivity contribution < 1.29 is 13.3 Å². The lowest BCUT2D eigenvalue weighted by atomic mass is 10.1. The minimum atomic E-state index is -3.89. The van der Waals surface area contributed by atoms with Gasteiger partial charge in [-0.15, -0.1) is 12.4 Å². The van der Waals surface area contributed by atoms with E-state index in [0.717, 1.165) is 18.7 Å². The predicted molar refractivity (Wildman–Crippen MR) is 90.7 cm³/mol. The van der Waals surface area contributed by atoms with E-state index >= 15 is 0 Å². The van der Waals surface area contributed by atoms with Crippen molar-refractivity contribution in [2.24, 2.45) is 0 Å². The fourth-order valence-corrected chi connectivity index (χ4v) is 4.28. The summed E-state index contributed by atoms with van der Waals surface area (Å²) >= 11 is 0. The standard InChI is InChI=1S/C14H21N3O4S.ClH/c1-10-8-13(17(18)19)14(9-11(10)2)22(20,21)16(3)12-4-6-15-7-5-12;/h8-9,12,15H,4-7H2,1-3H3;1H. The number of hydrogen-bond acceptors (Lipinski definition) is 5. The van der Waals surface area contributed by atoms with Crippen LogP contribution in [0.4, 0.5) is 5.69 Å². The molecule has 1 heterocycles. The Bertz CT molecular complexity index is 688. The van der Waals surface area contributed by atoms with Gasteiger partial charge >= 0.3 is 0 Å². The van der Waals surface area contributed by atoms with Crippen LogP contribution < -0.4 is 5.32 Å². The molecule has 1 N–H and O–H groups in total. The van der Waals surface area contributed by atoms with Crippen LogP contribution in [0.25, 0.3) is 0 Å². The number of halogens is 1. The van der Waals surface area contributed by atoms with Gasteiger partial charge in [-0.25, -0.2) is 8.42 Å². The van der Waals surface area contributed by atoms with E-state index in [-0.39, 0.29) is 29.0 Å². The van der Waals surface area contributed by atoms with Crippen LogP contribution in [0, 0.1) is 24.0 Å². The first-order valence-electron chi connectivity index (χ1n) is 7.19. The Labute approximate surface area is 142 Å². The van der Waals surface area contributed by atoms with Gasteiger partial charge in [0.25, 0.3) is 5.69 Å². The van der Waals surface area contributed by atoms with Gasteiger partial charge in [0, 0.05) is 19.2 Å². The van der Waals surface area contributed by atoms with Gasteiger partial charge in [-0.3, -0.25) is 10.1 Å². The van der Waals surface area contributed by atoms with Gasteiger partial charge in [-0.1, -0.05) is 0 Å². The molecule has 0 saturated carbocycles. The Morgan fingerprint density at radius 1 is 1.22 bits per heavy atom. The number of rotatable bonds is 4. The van der Waals surface area contributed by atoms with E-state index in [1.807, 2.05) is 0 Å². The lowest BCUT2D eigenvalue weighted by molar-refractivity contribution is -0.387. The van der Waals surface area contributed by atoms with Crippen molar-refractivity contribution in [2.45, 2.75) is 37.6 Å². The summed E-state index contributed by atoms with van der Waals surface area (Å²) < 4.78 is 26.9. The number of aryl methyl sites for hydroxylation is 2. The lowest BCUT2D eigenvalue weighted by Gasteiger charge is -2.30. The Morgan fingerprint density at radius 2 is 1.74 bits per heavy atom. The van der Waals surface area contributed by atoms with Crippen LogP contribution in [0.2, 0.25) is 0 Å². The highest BCUT2D eigenvalue weighted by molar-refractivity contribution is 7.89. The van der Waals surface area contributed by atoms with Crippen LogP contribution in [0.15, 0.2) is 17.0 Å². The van der Waals surface area contributed by atoms with Gasteiger partial charge in [0.2, 0.25) is 10.0 Å². The van der Waals surface area contributed by atoms with Crippen molar-refractivity contribution in [3.63, 3.8) is 0 Å². The first kappa shape index (κ1) is 19.8. The highest BCUT2D eigenvalue weighted by atomic mass is 35.5. The number of nitro groups is 1. The van der Waals surface area contributed by atoms with Crippen molar-refractivity contribution in [1.29, 1.82) is 0 Å². The van der Waals surface area contributed by atoms with Gasteiger partial charge in [0.1, 0.15) is 0 Å². The predicted octanol–water partition coefficient (Wildman–Crippen LogP) is 2.01. The van der Waals surface area contributed by atoms with Crippen LogP contribution in [0.1, 0.15) is 24.0 Å². The zero-order valence-corrected chi connectivity index (χ0v) is 15.0. The van der Waals surface area contributed by atoms with Gasteiger partial charge in [-0.05, 0) is 57.0 Å². The van der Waals surface area contributed by atoms with Gasteiger partial charge in [-0.2, -0.15) is 4.31 Å². The first-order valence-corrected chi connectivity index (χ1v) is 8.63. The summed E-state index contributed by atoms with van der Waals surface area (Å²) in [4.78, 5) is 10.4. The molecule has 0 unspecified atom stereocenters. The third-order valence-electron chi connectivity index (χ3n) is 4.25. The molecule has 2 rings (SSSR count). The Balaban J connectivity index is 0.00000264. The van der Waals surface area contributed by atoms with E-state index in [2.05, 4.69) is 5.32 Å². The van der Waals surface area contributed by atoms with E-state index in [0.29, 0.717) is 18.4 Å². The molecule has 1 aliphatic rings. The average Bonchev–Trinajstić information content (AvgIpc) is 2.49. The van der Waals surface area contributed by atoms with Crippen LogP contribution in [-0.2, 0) is 10.0 Å². The molecule has 0 amide bonds. The summed E-state index contributed by atoms with van der Waals surface area (Å²) in [6.45, 7) is 4.98. The maximum Gasteiger partial charge on any atom is 0.289 e. The maximum absolute atomic E-state index is 12.8. The third-order valence-corrected chi connectivity index (χ3v) is 6.19. The van der Waals surface area contributed by atoms with Crippen LogP contribution >= 0.6 is 12.4 Å². The molecule has 0 spiro atoms. The van der Waals surface area contributed by atoms with E-state index in [9.17, 15) is 18.5 Å².